The minimum atomic E-state index is 0.0784. The van der Waals surface area contributed by atoms with E-state index in [1.54, 1.807) is 12.3 Å². The SMILES string of the molecule is CC1CCCCN1C(=O)c1ccn[nH]1. The van der Waals surface area contributed by atoms with Crippen LogP contribution in [0.15, 0.2) is 12.3 Å². The maximum atomic E-state index is 11.9. The number of hydrogen-bond acceptors (Lipinski definition) is 2. The number of rotatable bonds is 1. The molecule has 1 amide bonds. The molecule has 0 radical (unpaired) electrons. The fourth-order valence-corrected chi connectivity index (χ4v) is 1.93. The molecule has 0 bridgehead atoms. The van der Waals surface area contributed by atoms with E-state index in [-0.39, 0.29) is 5.91 Å². The fraction of sp³-hybridized carbons (Fsp3) is 0.600. The Kier molecular flexibility index (Phi) is 2.52. The van der Waals surface area contributed by atoms with Crippen molar-refractivity contribution >= 4 is 5.91 Å². The molecule has 0 saturated carbocycles. The van der Waals surface area contributed by atoms with Crippen LogP contribution < -0.4 is 0 Å². The van der Waals surface area contributed by atoms with Crippen LogP contribution in [0.3, 0.4) is 0 Å². The first-order chi connectivity index (χ1) is 6.79. The molecule has 76 valence electrons. The van der Waals surface area contributed by atoms with Gasteiger partial charge in [0.15, 0.2) is 0 Å². The molecular weight excluding hydrogens is 178 g/mol. The second kappa shape index (κ2) is 3.82. The Hall–Kier alpha value is -1.32. The second-order valence-electron chi connectivity index (χ2n) is 3.81. The molecule has 4 heteroatoms. The van der Waals surface area contributed by atoms with Crippen molar-refractivity contribution in [3.63, 3.8) is 0 Å². The number of nitrogens with one attached hydrogen (secondary N) is 1. The van der Waals surface area contributed by atoms with Crippen molar-refractivity contribution in [3.05, 3.63) is 18.0 Å². The number of carbonyl (C=O) groups excluding carboxylic acids is 1. The first-order valence-electron chi connectivity index (χ1n) is 5.09. The van der Waals surface area contributed by atoms with Gasteiger partial charge >= 0.3 is 0 Å². The molecule has 1 N–H and O–H groups in total. The largest absolute Gasteiger partial charge is 0.335 e. The molecule has 1 unspecified atom stereocenters. The van der Waals surface area contributed by atoms with E-state index in [0.29, 0.717) is 11.7 Å². The van der Waals surface area contributed by atoms with E-state index in [2.05, 4.69) is 17.1 Å². The number of carbonyl (C=O) groups is 1. The lowest BCUT2D eigenvalue weighted by atomic mass is 10.0. The summed E-state index contributed by atoms with van der Waals surface area (Å²) < 4.78 is 0. The van der Waals surface area contributed by atoms with Crippen LogP contribution in [0.1, 0.15) is 36.7 Å². The van der Waals surface area contributed by atoms with Gasteiger partial charge in [-0.2, -0.15) is 5.10 Å². The quantitative estimate of drug-likeness (QED) is 0.733. The number of hydrogen-bond donors (Lipinski definition) is 1. The lowest BCUT2D eigenvalue weighted by Crippen LogP contribution is -2.42. The monoisotopic (exact) mass is 193 g/mol. The number of likely N-dealkylation sites (tertiary alicyclic amines) is 1. The summed E-state index contributed by atoms with van der Waals surface area (Å²) in [6.07, 6.45) is 5.07. The lowest BCUT2D eigenvalue weighted by Gasteiger charge is -2.32. The van der Waals surface area contributed by atoms with Crippen molar-refractivity contribution in [1.29, 1.82) is 0 Å². The van der Waals surface area contributed by atoms with Crippen LogP contribution in [0, 0.1) is 0 Å². The molecule has 1 saturated heterocycles. The second-order valence-corrected chi connectivity index (χ2v) is 3.81. The third kappa shape index (κ3) is 1.64. The fourth-order valence-electron chi connectivity index (χ4n) is 1.93. The third-order valence-corrected chi connectivity index (χ3v) is 2.79. The summed E-state index contributed by atoms with van der Waals surface area (Å²) in [5, 5.41) is 6.50. The number of amides is 1. The van der Waals surface area contributed by atoms with E-state index < -0.39 is 0 Å². The Morgan fingerprint density at radius 2 is 2.50 bits per heavy atom. The molecule has 2 heterocycles. The summed E-state index contributed by atoms with van der Waals surface area (Å²) in [5.74, 6) is 0.0784. The van der Waals surface area contributed by atoms with Gasteiger partial charge in [0.25, 0.3) is 5.91 Å². The van der Waals surface area contributed by atoms with Crippen molar-refractivity contribution in [2.24, 2.45) is 0 Å². The van der Waals surface area contributed by atoms with E-state index in [1.165, 1.54) is 6.42 Å². The number of nitrogens with zero attached hydrogens (tertiary/aromatic N) is 2. The van der Waals surface area contributed by atoms with Crippen LogP contribution in [0.2, 0.25) is 0 Å². The standard InChI is InChI=1S/C10H15N3O/c1-8-4-2-3-7-13(8)10(14)9-5-6-11-12-9/h5-6,8H,2-4,7H2,1H3,(H,11,12). The van der Waals surface area contributed by atoms with Gasteiger partial charge in [-0.05, 0) is 32.3 Å². The van der Waals surface area contributed by atoms with Gasteiger partial charge in [0.1, 0.15) is 5.69 Å². The average Bonchev–Trinajstić information content (AvgIpc) is 2.70. The maximum Gasteiger partial charge on any atom is 0.272 e. The van der Waals surface area contributed by atoms with Gasteiger partial charge in [-0.3, -0.25) is 9.89 Å². The Balaban J connectivity index is 2.10. The molecule has 1 fully saturated rings. The molecule has 1 aliphatic rings. The molecule has 1 atom stereocenters. The van der Waals surface area contributed by atoms with Crippen LogP contribution in [-0.2, 0) is 0 Å². The number of aromatic amines is 1. The van der Waals surface area contributed by atoms with Gasteiger partial charge in [-0.15, -0.1) is 0 Å². The normalized spacial score (nSPS) is 22.4. The Bertz CT molecular complexity index is 307. The zero-order chi connectivity index (χ0) is 9.97. The number of piperidine rings is 1. The number of H-pyrrole nitrogens is 1. The van der Waals surface area contributed by atoms with Crippen LogP contribution in [0.5, 0.6) is 0 Å². The predicted molar refractivity (Wildman–Crippen MR) is 52.9 cm³/mol. The first-order valence-corrected chi connectivity index (χ1v) is 5.09. The van der Waals surface area contributed by atoms with Crippen molar-refractivity contribution in [2.75, 3.05) is 6.54 Å². The summed E-state index contributed by atoms with van der Waals surface area (Å²) in [5.41, 5.74) is 0.596. The summed E-state index contributed by atoms with van der Waals surface area (Å²) in [6.45, 7) is 2.98. The van der Waals surface area contributed by atoms with Gasteiger partial charge in [0.05, 0.1) is 0 Å². The molecule has 2 rings (SSSR count). The minimum Gasteiger partial charge on any atom is -0.335 e. The third-order valence-electron chi connectivity index (χ3n) is 2.79. The van der Waals surface area contributed by atoms with Gasteiger partial charge in [0.2, 0.25) is 0 Å². The highest BCUT2D eigenvalue weighted by Crippen LogP contribution is 2.18. The van der Waals surface area contributed by atoms with Crippen molar-refractivity contribution in [1.82, 2.24) is 15.1 Å². The molecule has 0 spiro atoms. The molecule has 1 aliphatic heterocycles. The molecule has 0 aromatic carbocycles. The molecule has 4 nitrogen and oxygen atoms in total. The van der Waals surface area contributed by atoms with E-state index in [0.717, 1.165) is 19.4 Å². The molecule has 14 heavy (non-hydrogen) atoms. The van der Waals surface area contributed by atoms with E-state index in [4.69, 9.17) is 0 Å². The highest BCUT2D eigenvalue weighted by molar-refractivity contribution is 5.92. The van der Waals surface area contributed by atoms with Crippen LogP contribution in [0.25, 0.3) is 0 Å². The summed E-state index contributed by atoms with van der Waals surface area (Å²) in [7, 11) is 0. The van der Waals surface area contributed by atoms with Crippen molar-refractivity contribution in [3.8, 4) is 0 Å². The van der Waals surface area contributed by atoms with Gasteiger partial charge in [-0.1, -0.05) is 0 Å². The Labute approximate surface area is 83.3 Å². The van der Waals surface area contributed by atoms with Gasteiger partial charge in [0, 0.05) is 18.8 Å². The Morgan fingerprint density at radius 3 is 3.14 bits per heavy atom. The zero-order valence-electron chi connectivity index (χ0n) is 8.36. The molecular formula is C10H15N3O. The van der Waals surface area contributed by atoms with E-state index >= 15 is 0 Å². The predicted octanol–water partition coefficient (Wildman–Crippen LogP) is 1.42. The summed E-state index contributed by atoms with van der Waals surface area (Å²) in [4.78, 5) is 13.9. The summed E-state index contributed by atoms with van der Waals surface area (Å²) >= 11 is 0. The van der Waals surface area contributed by atoms with E-state index in [9.17, 15) is 4.79 Å². The Morgan fingerprint density at radius 1 is 1.64 bits per heavy atom. The molecule has 1 aromatic heterocycles. The lowest BCUT2D eigenvalue weighted by molar-refractivity contribution is 0.0629. The average molecular weight is 193 g/mol. The first kappa shape index (κ1) is 9.24. The van der Waals surface area contributed by atoms with Crippen molar-refractivity contribution in [2.45, 2.75) is 32.2 Å². The van der Waals surface area contributed by atoms with Crippen molar-refractivity contribution < 1.29 is 4.79 Å². The summed E-state index contributed by atoms with van der Waals surface area (Å²) in [6, 6.07) is 2.09. The highest BCUT2D eigenvalue weighted by atomic mass is 16.2. The van der Waals surface area contributed by atoms with E-state index in [1.807, 2.05) is 4.90 Å². The minimum absolute atomic E-state index is 0.0784. The van der Waals surface area contributed by atoms with Gasteiger partial charge < -0.3 is 4.90 Å². The van der Waals surface area contributed by atoms with Crippen LogP contribution in [0.4, 0.5) is 0 Å². The molecule has 0 aliphatic carbocycles. The van der Waals surface area contributed by atoms with Crippen LogP contribution in [-0.4, -0.2) is 33.6 Å². The maximum absolute atomic E-state index is 11.9. The topological polar surface area (TPSA) is 49.0 Å². The zero-order valence-corrected chi connectivity index (χ0v) is 8.36. The highest BCUT2D eigenvalue weighted by Gasteiger charge is 2.24. The smallest absolute Gasteiger partial charge is 0.272 e. The van der Waals surface area contributed by atoms with Crippen LogP contribution >= 0.6 is 0 Å². The number of aromatic nitrogens is 2. The molecule has 1 aromatic rings. The van der Waals surface area contributed by atoms with Gasteiger partial charge in [-0.25, -0.2) is 0 Å².